The first-order chi connectivity index (χ1) is 17.9. The molecule has 0 radical (unpaired) electrons. The molecule has 0 amide bonds. The number of halogens is 1. The summed E-state index contributed by atoms with van der Waals surface area (Å²) in [5, 5.41) is 20.3. The molecule has 0 fully saturated rings. The maximum absolute atomic E-state index is 11.6. The van der Waals surface area contributed by atoms with E-state index in [1.165, 1.54) is 0 Å². The number of fused-ring (bicyclic) bond motifs is 1. The zero-order chi connectivity index (χ0) is 26.2. The van der Waals surface area contributed by atoms with Crippen molar-refractivity contribution in [2.45, 2.75) is 24.5 Å². The number of nitrogens with zero attached hydrogens (tertiary/aromatic N) is 1. The van der Waals surface area contributed by atoms with Gasteiger partial charge in [-0.15, -0.1) is 0 Å². The Kier molecular flexibility index (Phi) is 14.3. The first-order valence-electron chi connectivity index (χ1n) is 11.9. The molecule has 0 aliphatic carbocycles. The summed E-state index contributed by atoms with van der Waals surface area (Å²) in [6.07, 6.45) is 5.30. The number of pyridine rings is 1. The summed E-state index contributed by atoms with van der Waals surface area (Å²) in [6.45, 7) is 0. The molecule has 1 heterocycles. The number of aromatic carboxylic acids is 1. The molecule has 192 valence electrons. The van der Waals surface area contributed by atoms with E-state index in [9.17, 15) is 14.7 Å². The second-order valence-corrected chi connectivity index (χ2v) is 10.3. The van der Waals surface area contributed by atoms with Gasteiger partial charge in [0.1, 0.15) is 0 Å². The molecule has 0 aliphatic rings. The minimum atomic E-state index is -0.942. The molecule has 4 aromatic rings. The van der Waals surface area contributed by atoms with E-state index in [4.69, 9.17) is 16.7 Å². The van der Waals surface area contributed by atoms with Gasteiger partial charge in [-0.25, -0.2) is 9.78 Å². The summed E-state index contributed by atoms with van der Waals surface area (Å²) in [7, 11) is 0. The van der Waals surface area contributed by atoms with Crippen LogP contribution in [0.15, 0.2) is 78.9 Å². The number of rotatable bonds is 11. The predicted molar refractivity (Wildman–Crippen MR) is 166 cm³/mol. The Morgan fingerprint density at radius 3 is 2.46 bits per heavy atom. The molecule has 0 aliphatic heterocycles. The molecular formula is C30H28ClNNa2O4S. The molecule has 9 heteroatoms. The van der Waals surface area contributed by atoms with Crippen LogP contribution in [0.5, 0.6) is 0 Å². The SMILES string of the molecule is O=C(O)CCSC(CCc1ccccc1C(=O)O)c1cccc(C=Cc2ccc3ccc(Cl)cc3n2)c1.[NaH].[NaH]. The van der Waals surface area contributed by atoms with Gasteiger partial charge >= 0.3 is 71.1 Å². The summed E-state index contributed by atoms with van der Waals surface area (Å²) in [4.78, 5) is 27.4. The van der Waals surface area contributed by atoms with Gasteiger partial charge in [-0.05, 0) is 59.9 Å². The molecule has 1 atom stereocenters. The fraction of sp³-hybridized carbons (Fsp3) is 0.167. The van der Waals surface area contributed by atoms with Crippen LogP contribution in [-0.2, 0) is 11.2 Å². The van der Waals surface area contributed by atoms with Crippen LogP contribution in [0, 0.1) is 0 Å². The zero-order valence-corrected chi connectivity index (χ0v) is 21.6. The average molecular weight is 580 g/mol. The van der Waals surface area contributed by atoms with Crippen LogP contribution in [0.4, 0.5) is 0 Å². The van der Waals surface area contributed by atoms with Gasteiger partial charge in [0, 0.05) is 21.4 Å². The Hall–Kier alpha value is -1.61. The van der Waals surface area contributed by atoms with Crippen LogP contribution in [-0.4, -0.2) is 92.0 Å². The van der Waals surface area contributed by atoms with Crippen molar-refractivity contribution in [3.63, 3.8) is 0 Å². The van der Waals surface area contributed by atoms with Crippen molar-refractivity contribution in [2.75, 3.05) is 5.75 Å². The van der Waals surface area contributed by atoms with Crippen LogP contribution in [0.25, 0.3) is 23.1 Å². The molecule has 1 aromatic heterocycles. The van der Waals surface area contributed by atoms with Gasteiger partial charge in [0.15, 0.2) is 0 Å². The Balaban J connectivity index is 0.00000267. The molecule has 5 nitrogen and oxygen atoms in total. The van der Waals surface area contributed by atoms with Gasteiger partial charge in [-0.3, -0.25) is 4.79 Å². The number of benzene rings is 3. The van der Waals surface area contributed by atoms with E-state index in [1.807, 2.05) is 72.8 Å². The first kappa shape index (κ1) is 33.6. The predicted octanol–water partition coefficient (Wildman–Crippen LogP) is 6.34. The Bertz CT molecular complexity index is 1460. The van der Waals surface area contributed by atoms with Crippen LogP contribution in [0.1, 0.15) is 50.8 Å². The molecule has 2 N–H and O–H groups in total. The number of aryl methyl sites for hydroxylation is 1. The number of carboxylic acids is 2. The molecule has 0 saturated heterocycles. The Morgan fingerprint density at radius 2 is 1.69 bits per heavy atom. The van der Waals surface area contributed by atoms with E-state index in [0.29, 0.717) is 29.2 Å². The zero-order valence-electron chi connectivity index (χ0n) is 20.0. The summed E-state index contributed by atoms with van der Waals surface area (Å²) in [5.41, 5.74) is 4.80. The second-order valence-electron chi connectivity index (χ2n) is 8.58. The fourth-order valence-corrected chi connectivity index (χ4v) is 5.48. The van der Waals surface area contributed by atoms with Crippen LogP contribution >= 0.6 is 23.4 Å². The van der Waals surface area contributed by atoms with Crippen molar-refractivity contribution in [1.82, 2.24) is 4.98 Å². The van der Waals surface area contributed by atoms with Crippen molar-refractivity contribution < 1.29 is 19.8 Å². The number of hydrogen-bond donors (Lipinski definition) is 2. The topological polar surface area (TPSA) is 87.5 Å². The van der Waals surface area contributed by atoms with Gasteiger partial charge < -0.3 is 10.2 Å². The summed E-state index contributed by atoms with van der Waals surface area (Å²) in [5.74, 6) is -1.30. The van der Waals surface area contributed by atoms with E-state index in [0.717, 1.165) is 33.3 Å². The normalized spacial score (nSPS) is 11.5. The van der Waals surface area contributed by atoms with Gasteiger partial charge in [0.25, 0.3) is 0 Å². The summed E-state index contributed by atoms with van der Waals surface area (Å²) >= 11 is 7.70. The second kappa shape index (κ2) is 16.6. The maximum atomic E-state index is 11.6. The van der Waals surface area contributed by atoms with Gasteiger partial charge in [0.05, 0.1) is 23.2 Å². The van der Waals surface area contributed by atoms with Crippen LogP contribution in [0.2, 0.25) is 5.02 Å². The number of carboxylic acid groups (broad SMARTS) is 2. The quantitative estimate of drug-likeness (QED) is 0.202. The number of aliphatic carboxylic acids is 1. The minimum absolute atomic E-state index is 0. The van der Waals surface area contributed by atoms with Crippen LogP contribution < -0.4 is 0 Å². The van der Waals surface area contributed by atoms with E-state index < -0.39 is 11.9 Å². The van der Waals surface area contributed by atoms with Crippen LogP contribution in [0.3, 0.4) is 0 Å². The monoisotopic (exact) mass is 579 g/mol. The number of aromatic nitrogens is 1. The molecule has 0 spiro atoms. The molecule has 1 unspecified atom stereocenters. The van der Waals surface area contributed by atoms with Gasteiger partial charge in [-0.1, -0.05) is 72.3 Å². The molecule has 0 saturated carbocycles. The fourth-order valence-electron chi connectivity index (χ4n) is 4.11. The Labute approximate surface area is 281 Å². The van der Waals surface area contributed by atoms with Crippen molar-refractivity contribution in [3.05, 3.63) is 112 Å². The summed E-state index contributed by atoms with van der Waals surface area (Å²) in [6, 6.07) is 24.7. The summed E-state index contributed by atoms with van der Waals surface area (Å²) < 4.78 is 0. The number of thioether (sulfide) groups is 1. The standard InChI is InChI=1S/C30H26ClNO4S.2Na.2H/c31-24-12-9-22-10-14-25(32-27(22)19-24)13-8-20-4-3-6-23(18-20)28(37-17-16-29(33)34)15-11-21-5-1-2-7-26(21)30(35)36;;;;/h1-10,12-14,18-19,28H,11,15-17H2,(H,33,34)(H,35,36);;;;. The van der Waals surface area contributed by atoms with E-state index >= 15 is 0 Å². The third kappa shape index (κ3) is 10.1. The number of carbonyl (C=O) groups is 2. The average Bonchev–Trinajstić information content (AvgIpc) is 2.89. The van der Waals surface area contributed by atoms with Crippen molar-refractivity contribution in [1.29, 1.82) is 0 Å². The molecule has 4 rings (SSSR count). The third-order valence-electron chi connectivity index (χ3n) is 5.96. The van der Waals surface area contributed by atoms with Crippen molar-refractivity contribution in [3.8, 4) is 0 Å². The van der Waals surface area contributed by atoms with E-state index in [-0.39, 0.29) is 70.8 Å². The van der Waals surface area contributed by atoms with Crippen molar-refractivity contribution >= 4 is 117 Å². The third-order valence-corrected chi connectivity index (χ3v) is 7.55. The molecule has 39 heavy (non-hydrogen) atoms. The van der Waals surface area contributed by atoms with Crippen molar-refractivity contribution in [2.24, 2.45) is 0 Å². The molecule has 0 bridgehead atoms. The number of hydrogen-bond acceptors (Lipinski definition) is 4. The molecular weight excluding hydrogens is 552 g/mol. The van der Waals surface area contributed by atoms with E-state index in [2.05, 4.69) is 11.1 Å². The Morgan fingerprint density at radius 1 is 0.923 bits per heavy atom. The molecule has 3 aromatic carbocycles. The van der Waals surface area contributed by atoms with Gasteiger partial charge in [-0.2, -0.15) is 11.8 Å². The first-order valence-corrected chi connectivity index (χ1v) is 13.3. The van der Waals surface area contributed by atoms with E-state index in [1.54, 1.807) is 23.9 Å². The van der Waals surface area contributed by atoms with Gasteiger partial charge in [0.2, 0.25) is 0 Å².